The highest BCUT2D eigenvalue weighted by atomic mass is 16.6. The van der Waals surface area contributed by atoms with Gasteiger partial charge in [-0.1, -0.05) is 6.92 Å². The average Bonchev–Trinajstić information content (AvgIpc) is 2.71. The fraction of sp³-hybridized carbons (Fsp3) is 0.929. The van der Waals surface area contributed by atoms with Crippen LogP contribution in [0, 0.1) is 17.8 Å². The van der Waals surface area contributed by atoms with Crippen LogP contribution in [-0.4, -0.2) is 35.7 Å². The Balaban J connectivity index is 1.93. The molecule has 0 aromatic heterocycles. The average molecular weight is 254 g/mol. The molecule has 3 aliphatic rings. The molecule has 2 aliphatic heterocycles. The molecule has 4 atom stereocenters. The molecule has 0 spiro atoms. The molecule has 4 nitrogen and oxygen atoms in total. The van der Waals surface area contributed by atoms with E-state index in [1.54, 1.807) is 0 Å². The number of nitrogens with zero attached hydrogens (tertiary/aromatic N) is 1. The highest BCUT2D eigenvalue weighted by Gasteiger charge is 2.55. The van der Waals surface area contributed by atoms with Crippen molar-refractivity contribution in [2.75, 3.05) is 13.1 Å². The Morgan fingerprint density at radius 3 is 2.72 bits per heavy atom. The number of fused-ring (bicyclic) bond motifs is 1. The van der Waals surface area contributed by atoms with Gasteiger partial charge in [-0.3, -0.25) is 0 Å². The zero-order valence-corrected chi connectivity index (χ0v) is 12.0. The van der Waals surface area contributed by atoms with E-state index in [0.717, 1.165) is 25.9 Å². The minimum absolute atomic E-state index is 0.141. The monoisotopic (exact) mass is 254 g/mol. The second kappa shape index (κ2) is 4.72. The smallest absolute Gasteiger partial charge is 0.410 e. The molecular weight excluding hydrogens is 228 g/mol. The zero-order valence-electron chi connectivity index (χ0n) is 12.0. The van der Waals surface area contributed by atoms with Crippen LogP contribution in [0.1, 0.15) is 40.5 Å². The third kappa shape index (κ3) is 2.48. The van der Waals surface area contributed by atoms with Gasteiger partial charge in [-0.05, 0) is 57.9 Å². The van der Waals surface area contributed by atoms with Gasteiger partial charge >= 0.3 is 6.09 Å². The summed E-state index contributed by atoms with van der Waals surface area (Å²) in [5.41, 5.74) is 5.23. The molecule has 3 fully saturated rings. The summed E-state index contributed by atoms with van der Waals surface area (Å²) in [6, 6.07) is 0.395. The molecule has 104 valence electrons. The van der Waals surface area contributed by atoms with Gasteiger partial charge in [0, 0.05) is 12.6 Å². The van der Waals surface area contributed by atoms with Gasteiger partial charge in [0.05, 0.1) is 0 Å². The van der Waals surface area contributed by atoms with Crippen molar-refractivity contribution in [3.63, 3.8) is 0 Å². The number of nitrogens with two attached hydrogens (primary N) is 1. The van der Waals surface area contributed by atoms with Gasteiger partial charge in [0.2, 0.25) is 0 Å². The minimum atomic E-state index is -0.400. The van der Waals surface area contributed by atoms with Crippen LogP contribution in [0.15, 0.2) is 0 Å². The lowest BCUT2D eigenvalue weighted by atomic mass is 9.67. The molecule has 2 unspecified atom stereocenters. The Hall–Kier alpha value is -0.770. The van der Waals surface area contributed by atoms with Crippen LogP contribution < -0.4 is 5.73 Å². The van der Waals surface area contributed by atoms with Crippen molar-refractivity contribution in [3.8, 4) is 0 Å². The summed E-state index contributed by atoms with van der Waals surface area (Å²) in [5, 5.41) is 0. The predicted octanol–water partition coefficient (Wildman–Crippen LogP) is 2.23. The molecule has 0 aromatic rings. The zero-order chi connectivity index (χ0) is 13.5. The summed E-state index contributed by atoms with van der Waals surface area (Å²) >= 11 is 0. The van der Waals surface area contributed by atoms with E-state index in [1.165, 1.54) is 0 Å². The van der Waals surface area contributed by atoms with Crippen molar-refractivity contribution < 1.29 is 9.53 Å². The van der Waals surface area contributed by atoms with E-state index < -0.39 is 5.60 Å². The van der Waals surface area contributed by atoms with Crippen LogP contribution in [0.4, 0.5) is 4.79 Å². The van der Waals surface area contributed by atoms with Gasteiger partial charge < -0.3 is 15.4 Å². The molecule has 2 saturated heterocycles. The van der Waals surface area contributed by atoms with Gasteiger partial charge in [-0.25, -0.2) is 4.79 Å². The SMILES string of the molecule is CC(CCN)C1[C@H]2C[C@@H]1N(C(=O)OC(C)(C)C)C2. The number of amides is 1. The van der Waals surface area contributed by atoms with Gasteiger partial charge in [-0.15, -0.1) is 0 Å². The normalized spacial score (nSPS) is 32.1. The first-order chi connectivity index (χ1) is 8.33. The topological polar surface area (TPSA) is 55.6 Å². The van der Waals surface area contributed by atoms with E-state index in [1.807, 2.05) is 25.7 Å². The summed E-state index contributed by atoms with van der Waals surface area (Å²) in [6.45, 7) is 9.62. The second-order valence-corrected chi connectivity index (χ2v) is 6.83. The summed E-state index contributed by atoms with van der Waals surface area (Å²) in [6.07, 6.45) is 2.07. The van der Waals surface area contributed by atoms with Gasteiger partial charge in [0.1, 0.15) is 5.60 Å². The van der Waals surface area contributed by atoms with Crippen LogP contribution >= 0.6 is 0 Å². The number of hydrogen-bond acceptors (Lipinski definition) is 3. The van der Waals surface area contributed by atoms with E-state index in [0.29, 0.717) is 23.8 Å². The molecule has 3 rings (SSSR count). The summed E-state index contributed by atoms with van der Waals surface area (Å²) in [5.74, 6) is 1.93. The Kier molecular flexibility index (Phi) is 3.58. The van der Waals surface area contributed by atoms with Crippen molar-refractivity contribution in [3.05, 3.63) is 0 Å². The quantitative estimate of drug-likeness (QED) is 0.840. The fourth-order valence-corrected chi connectivity index (χ4v) is 3.49. The third-order valence-electron chi connectivity index (χ3n) is 4.27. The summed E-state index contributed by atoms with van der Waals surface area (Å²) in [7, 11) is 0. The van der Waals surface area contributed by atoms with E-state index in [-0.39, 0.29) is 6.09 Å². The number of ether oxygens (including phenoxy) is 1. The molecule has 2 N–H and O–H groups in total. The van der Waals surface area contributed by atoms with Crippen LogP contribution in [0.3, 0.4) is 0 Å². The van der Waals surface area contributed by atoms with Gasteiger partial charge in [0.25, 0.3) is 0 Å². The Labute approximate surface area is 110 Å². The first-order valence-corrected chi connectivity index (χ1v) is 7.03. The molecule has 1 saturated carbocycles. The molecule has 2 bridgehead atoms. The molecule has 1 amide bonds. The van der Waals surface area contributed by atoms with Crippen molar-refractivity contribution in [1.82, 2.24) is 4.90 Å². The molecule has 2 heterocycles. The van der Waals surface area contributed by atoms with Crippen LogP contribution in [-0.2, 0) is 4.74 Å². The Morgan fingerprint density at radius 1 is 1.50 bits per heavy atom. The predicted molar refractivity (Wildman–Crippen MR) is 71.2 cm³/mol. The third-order valence-corrected chi connectivity index (χ3v) is 4.27. The number of carbonyl (C=O) groups is 1. The number of hydrogen-bond donors (Lipinski definition) is 1. The van der Waals surface area contributed by atoms with Crippen molar-refractivity contribution in [1.29, 1.82) is 0 Å². The lowest BCUT2D eigenvalue weighted by Gasteiger charge is -2.40. The van der Waals surface area contributed by atoms with E-state index in [2.05, 4.69) is 6.92 Å². The standard InChI is InChI=1S/C14H26N2O2/c1-9(5-6-15)12-10-7-11(12)16(8-10)13(17)18-14(2,3)4/h9-12H,5-8,15H2,1-4H3/t9?,10-,11-,12?/m0/s1. The lowest BCUT2D eigenvalue weighted by molar-refractivity contribution is 0.0160. The van der Waals surface area contributed by atoms with Crippen molar-refractivity contribution >= 4 is 6.09 Å². The lowest BCUT2D eigenvalue weighted by Crippen LogP contribution is -2.45. The molecule has 1 aliphatic carbocycles. The minimum Gasteiger partial charge on any atom is -0.444 e. The second-order valence-electron chi connectivity index (χ2n) is 6.83. The maximum absolute atomic E-state index is 12.1. The van der Waals surface area contributed by atoms with Gasteiger partial charge in [0.15, 0.2) is 0 Å². The highest BCUT2D eigenvalue weighted by Crippen LogP contribution is 2.50. The fourth-order valence-electron chi connectivity index (χ4n) is 3.49. The summed E-state index contributed by atoms with van der Waals surface area (Å²) in [4.78, 5) is 14.0. The molecule has 0 aromatic carbocycles. The Bertz CT molecular complexity index is 324. The van der Waals surface area contributed by atoms with Crippen LogP contribution in [0.25, 0.3) is 0 Å². The van der Waals surface area contributed by atoms with Crippen LogP contribution in [0.2, 0.25) is 0 Å². The molecular formula is C14H26N2O2. The van der Waals surface area contributed by atoms with E-state index >= 15 is 0 Å². The first kappa shape index (κ1) is 13.7. The highest BCUT2D eigenvalue weighted by molar-refractivity contribution is 5.69. The van der Waals surface area contributed by atoms with E-state index in [4.69, 9.17) is 10.5 Å². The number of carbonyl (C=O) groups excluding carboxylic acids is 1. The van der Waals surface area contributed by atoms with Crippen molar-refractivity contribution in [2.24, 2.45) is 23.5 Å². The maximum atomic E-state index is 12.1. The van der Waals surface area contributed by atoms with Crippen molar-refractivity contribution in [2.45, 2.75) is 52.2 Å². The summed E-state index contributed by atoms with van der Waals surface area (Å²) < 4.78 is 5.47. The van der Waals surface area contributed by atoms with E-state index in [9.17, 15) is 4.79 Å². The van der Waals surface area contributed by atoms with Gasteiger partial charge in [-0.2, -0.15) is 0 Å². The van der Waals surface area contributed by atoms with Crippen LogP contribution in [0.5, 0.6) is 0 Å². The number of rotatable bonds is 3. The Morgan fingerprint density at radius 2 is 2.17 bits per heavy atom. The molecule has 18 heavy (non-hydrogen) atoms. The molecule has 0 radical (unpaired) electrons. The first-order valence-electron chi connectivity index (χ1n) is 7.03. The largest absolute Gasteiger partial charge is 0.444 e. The molecule has 4 heteroatoms. The maximum Gasteiger partial charge on any atom is 0.410 e.